The number of hydrogen-bond acceptors (Lipinski definition) is 6. The monoisotopic (exact) mass is 539 g/mol. The fourth-order valence-electron chi connectivity index (χ4n) is 5.58. The highest BCUT2D eigenvalue weighted by Gasteiger charge is 2.35. The molecule has 0 saturated carbocycles. The van der Waals surface area contributed by atoms with Crippen LogP contribution in [0.5, 0.6) is 0 Å². The molecule has 10 nitrogen and oxygen atoms in total. The lowest BCUT2D eigenvalue weighted by atomic mass is 9.93. The summed E-state index contributed by atoms with van der Waals surface area (Å²) >= 11 is 0. The fraction of sp³-hybridized carbons (Fsp3) is 0.519. The first-order valence-electron chi connectivity index (χ1n) is 13.4. The van der Waals surface area contributed by atoms with Crippen molar-refractivity contribution >= 4 is 17.1 Å². The molecule has 0 radical (unpaired) electrons. The van der Waals surface area contributed by atoms with Crippen molar-refractivity contribution in [3.63, 3.8) is 0 Å². The fourth-order valence-corrected chi connectivity index (χ4v) is 5.58. The minimum Gasteiger partial charge on any atom is -0.378 e. The summed E-state index contributed by atoms with van der Waals surface area (Å²) in [5.41, 5.74) is 7.25. The van der Waals surface area contributed by atoms with Crippen LogP contribution in [0.25, 0.3) is 22.4 Å². The van der Waals surface area contributed by atoms with E-state index < -0.39 is 12.5 Å². The van der Waals surface area contributed by atoms with E-state index >= 15 is 0 Å². The van der Waals surface area contributed by atoms with Gasteiger partial charge in [0.25, 0.3) is 0 Å². The van der Waals surface area contributed by atoms with Crippen LogP contribution in [-0.4, -0.2) is 82.2 Å². The molecule has 0 aromatic carbocycles. The maximum absolute atomic E-state index is 15.0. The van der Waals surface area contributed by atoms with Crippen LogP contribution in [0.3, 0.4) is 0 Å². The minimum absolute atomic E-state index is 0.115. The molecule has 4 atom stereocenters. The maximum atomic E-state index is 15.0. The second kappa shape index (κ2) is 10.3. The molecule has 3 aliphatic rings. The summed E-state index contributed by atoms with van der Waals surface area (Å²) in [4.78, 5) is 16.2. The number of hydrogen-bond donors (Lipinski definition) is 3. The zero-order chi connectivity index (χ0) is 27.3. The summed E-state index contributed by atoms with van der Waals surface area (Å²) in [6, 6.07) is 6.07. The molecule has 0 spiro atoms. The number of aryl methyl sites for hydroxylation is 1. The van der Waals surface area contributed by atoms with E-state index in [-0.39, 0.29) is 12.1 Å². The second-order valence-electron chi connectivity index (χ2n) is 10.7. The number of halogens is 2. The lowest BCUT2D eigenvalue weighted by Gasteiger charge is -2.42. The van der Waals surface area contributed by atoms with Gasteiger partial charge in [-0.2, -0.15) is 0 Å². The van der Waals surface area contributed by atoms with Crippen molar-refractivity contribution in [3.8, 4) is 11.3 Å². The topological polar surface area (TPSA) is 96.6 Å². The van der Waals surface area contributed by atoms with Crippen LogP contribution in [0.2, 0.25) is 0 Å². The average molecular weight is 540 g/mol. The molecule has 2 fully saturated rings. The third-order valence-corrected chi connectivity index (χ3v) is 7.95. The van der Waals surface area contributed by atoms with Gasteiger partial charge in [0, 0.05) is 30.8 Å². The van der Waals surface area contributed by atoms with Gasteiger partial charge in [0.15, 0.2) is 11.9 Å². The van der Waals surface area contributed by atoms with Gasteiger partial charge in [0.05, 0.1) is 30.6 Å². The molecule has 12 heteroatoms. The number of guanidine groups is 1. The van der Waals surface area contributed by atoms with Crippen LogP contribution in [0.4, 0.5) is 8.78 Å². The molecule has 3 N–H and O–H groups in total. The summed E-state index contributed by atoms with van der Waals surface area (Å²) < 4.78 is 38.6. The number of ether oxygens (including phenoxy) is 1. The van der Waals surface area contributed by atoms with Crippen molar-refractivity contribution in [2.24, 2.45) is 10.9 Å². The van der Waals surface area contributed by atoms with E-state index in [1.165, 1.54) is 4.57 Å². The Labute approximate surface area is 226 Å². The van der Waals surface area contributed by atoms with E-state index in [1.807, 2.05) is 36.1 Å². The summed E-state index contributed by atoms with van der Waals surface area (Å²) in [7, 11) is 1.86. The zero-order valence-electron chi connectivity index (χ0n) is 22.5. The van der Waals surface area contributed by atoms with Gasteiger partial charge < -0.3 is 10.1 Å². The van der Waals surface area contributed by atoms with E-state index in [2.05, 4.69) is 32.5 Å². The Morgan fingerprint density at radius 2 is 2.13 bits per heavy atom. The Morgan fingerprint density at radius 1 is 1.31 bits per heavy atom. The molecule has 3 aromatic heterocycles. The molecule has 2 saturated heterocycles. The van der Waals surface area contributed by atoms with Crippen LogP contribution in [0.1, 0.15) is 37.3 Å². The maximum Gasteiger partial charge on any atom is 0.212 e. The number of allylic oxidation sites excluding steroid dienone is 1. The Balaban J connectivity index is 1.22. The number of likely N-dealkylation sites (tertiary alicyclic amines) is 1. The predicted molar refractivity (Wildman–Crippen MR) is 146 cm³/mol. The molecule has 6 rings (SSSR count). The van der Waals surface area contributed by atoms with E-state index in [4.69, 9.17) is 14.7 Å². The number of aromatic nitrogens is 4. The number of aliphatic imine (C=N–C) groups is 1. The van der Waals surface area contributed by atoms with Gasteiger partial charge in [0.1, 0.15) is 23.7 Å². The molecule has 0 aliphatic carbocycles. The molecule has 3 aromatic rings. The second-order valence-corrected chi connectivity index (χ2v) is 10.7. The van der Waals surface area contributed by atoms with Gasteiger partial charge in [-0.3, -0.25) is 29.9 Å². The molecular weight excluding hydrogens is 504 g/mol. The number of nitrogens with one attached hydrogen (secondary N) is 3. The normalized spacial score (nSPS) is 25.7. The van der Waals surface area contributed by atoms with E-state index in [0.717, 1.165) is 24.2 Å². The standard InChI is InChI=1S/C27H35F2N9O/c1-15(2)24(29)38-16(3)32-22-6-5-21(33-26(22)38)19-8-10-37-23(19)25(30-4)34-27(35-37)31-11-17-7-9-36(12-20(17)28)18-13-39-14-18/h5-6,8,10,17-18,20,24-25,30H,1,7,9,11-14H2,2-4H3,(H2,31,34,35)/t17-,20-,24?,25?/m1/s1. The van der Waals surface area contributed by atoms with Crippen LogP contribution >= 0.6 is 0 Å². The van der Waals surface area contributed by atoms with Gasteiger partial charge >= 0.3 is 0 Å². The van der Waals surface area contributed by atoms with Crippen molar-refractivity contribution in [3.05, 3.63) is 48.1 Å². The van der Waals surface area contributed by atoms with Gasteiger partial charge in [0.2, 0.25) is 5.96 Å². The summed E-state index contributed by atoms with van der Waals surface area (Å²) in [6.07, 6.45) is 0.0929. The van der Waals surface area contributed by atoms with Gasteiger partial charge in [-0.25, -0.2) is 18.7 Å². The molecule has 2 unspecified atom stereocenters. The van der Waals surface area contributed by atoms with Gasteiger partial charge in [-0.05, 0) is 57.6 Å². The molecule has 3 aliphatic heterocycles. The molecular formula is C27H35F2N9O. The van der Waals surface area contributed by atoms with Crippen molar-refractivity contribution in [1.82, 2.24) is 34.7 Å². The number of alkyl halides is 2. The molecule has 0 amide bonds. The lowest BCUT2D eigenvalue weighted by Crippen LogP contribution is -2.55. The van der Waals surface area contributed by atoms with Crippen LogP contribution in [0, 0.1) is 12.8 Å². The van der Waals surface area contributed by atoms with Crippen molar-refractivity contribution in [1.29, 1.82) is 0 Å². The highest BCUT2D eigenvalue weighted by Crippen LogP contribution is 2.32. The summed E-state index contributed by atoms with van der Waals surface area (Å²) in [6.45, 7) is 10.3. The summed E-state index contributed by atoms with van der Waals surface area (Å²) in [5, 5.41) is 6.67. The Hall–Kier alpha value is -3.35. The Morgan fingerprint density at radius 3 is 2.82 bits per heavy atom. The average Bonchev–Trinajstić information content (AvgIpc) is 3.46. The highest BCUT2D eigenvalue weighted by atomic mass is 19.1. The number of piperidine rings is 1. The van der Waals surface area contributed by atoms with E-state index in [1.54, 1.807) is 13.8 Å². The first kappa shape index (κ1) is 25.9. The molecule has 0 bridgehead atoms. The summed E-state index contributed by atoms with van der Waals surface area (Å²) in [5.74, 6) is 1.00. The van der Waals surface area contributed by atoms with Gasteiger partial charge in [-0.1, -0.05) is 6.58 Å². The quantitative estimate of drug-likeness (QED) is 0.397. The molecule has 39 heavy (non-hydrogen) atoms. The largest absolute Gasteiger partial charge is 0.378 e. The number of rotatable bonds is 7. The lowest BCUT2D eigenvalue weighted by molar-refractivity contribution is -0.0846. The Kier molecular flexibility index (Phi) is 6.86. The van der Waals surface area contributed by atoms with E-state index in [0.29, 0.717) is 66.6 Å². The van der Waals surface area contributed by atoms with Crippen LogP contribution in [-0.2, 0) is 4.74 Å². The number of pyridine rings is 1. The van der Waals surface area contributed by atoms with E-state index in [9.17, 15) is 8.78 Å². The first-order chi connectivity index (χ1) is 18.8. The number of fused-ring (bicyclic) bond motifs is 2. The van der Waals surface area contributed by atoms with Crippen molar-refractivity contribution in [2.75, 3.05) is 45.3 Å². The smallest absolute Gasteiger partial charge is 0.212 e. The van der Waals surface area contributed by atoms with Crippen molar-refractivity contribution < 1.29 is 13.5 Å². The molecule has 6 heterocycles. The molecule has 208 valence electrons. The number of imidazole rings is 1. The Bertz CT molecular complexity index is 1410. The van der Waals surface area contributed by atoms with Crippen LogP contribution in [0.15, 0.2) is 41.5 Å². The highest BCUT2D eigenvalue weighted by molar-refractivity contribution is 5.89. The predicted octanol–water partition coefficient (Wildman–Crippen LogP) is 3.03. The third kappa shape index (κ3) is 4.70. The van der Waals surface area contributed by atoms with Crippen LogP contribution < -0.4 is 16.1 Å². The minimum atomic E-state index is -1.41. The number of nitrogens with zero attached hydrogens (tertiary/aromatic N) is 6. The van der Waals surface area contributed by atoms with Gasteiger partial charge in [-0.15, -0.1) is 0 Å². The van der Waals surface area contributed by atoms with Crippen molar-refractivity contribution in [2.45, 2.75) is 44.9 Å². The first-order valence-corrected chi connectivity index (χ1v) is 13.4. The SMILES string of the molecule is C=C(C)C(F)n1c(C)nc2ccc(-c3ccn4c3C(NC)NC(=NC[C@H]3CCN(C5COC5)C[C@H]3F)N4)nc21. The third-order valence-electron chi connectivity index (χ3n) is 7.95. The zero-order valence-corrected chi connectivity index (χ0v) is 22.5.